The van der Waals surface area contributed by atoms with Gasteiger partial charge in [-0.25, -0.2) is 0 Å². The minimum atomic E-state index is 0. The SMILES string of the molecule is CN(O)Cc1ccccc1.Cl. The Kier molecular flexibility index (Phi) is 4.86. The molecule has 2 nitrogen and oxygen atoms in total. The van der Waals surface area contributed by atoms with Gasteiger partial charge in [0.15, 0.2) is 0 Å². The van der Waals surface area contributed by atoms with Crippen LogP contribution >= 0.6 is 12.4 Å². The lowest BCUT2D eigenvalue weighted by Crippen LogP contribution is -2.11. The van der Waals surface area contributed by atoms with Gasteiger partial charge in [0.05, 0.1) is 0 Å². The van der Waals surface area contributed by atoms with Gasteiger partial charge < -0.3 is 5.21 Å². The van der Waals surface area contributed by atoms with E-state index in [1.165, 1.54) is 0 Å². The second-order valence-electron chi connectivity index (χ2n) is 2.30. The molecule has 0 heterocycles. The highest BCUT2D eigenvalue weighted by molar-refractivity contribution is 5.85. The summed E-state index contributed by atoms with van der Waals surface area (Å²) in [6.07, 6.45) is 0. The molecule has 1 N–H and O–H groups in total. The van der Waals surface area contributed by atoms with Crippen LogP contribution in [-0.2, 0) is 6.54 Å². The van der Waals surface area contributed by atoms with Crippen LogP contribution in [0.1, 0.15) is 5.56 Å². The Morgan fingerprint density at radius 3 is 2.27 bits per heavy atom. The molecular weight excluding hydrogens is 162 g/mol. The summed E-state index contributed by atoms with van der Waals surface area (Å²) in [5, 5.41) is 10.0. The quantitative estimate of drug-likeness (QED) is 0.691. The summed E-state index contributed by atoms with van der Waals surface area (Å²) in [4.78, 5) is 0. The van der Waals surface area contributed by atoms with Crippen molar-refractivity contribution in [2.75, 3.05) is 7.05 Å². The molecule has 0 spiro atoms. The van der Waals surface area contributed by atoms with Crippen LogP contribution < -0.4 is 0 Å². The van der Waals surface area contributed by atoms with E-state index in [0.29, 0.717) is 6.54 Å². The van der Waals surface area contributed by atoms with Crippen molar-refractivity contribution in [3.63, 3.8) is 0 Å². The van der Waals surface area contributed by atoms with Gasteiger partial charge in [-0.15, -0.1) is 12.4 Å². The molecule has 0 unspecified atom stereocenters. The number of rotatable bonds is 2. The fraction of sp³-hybridized carbons (Fsp3) is 0.250. The number of halogens is 1. The minimum Gasteiger partial charge on any atom is -0.314 e. The van der Waals surface area contributed by atoms with Gasteiger partial charge in [0.2, 0.25) is 0 Å². The first kappa shape index (κ1) is 10.4. The van der Waals surface area contributed by atoms with E-state index in [1.807, 2.05) is 30.3 Å². The predicted molar refractivity (Wildman–Crippen MR) is 46.9 cm³/mol. The Morgan fingerprint density at radius 1 is 1.27 bits per heavy atom. The smallest absolute Gasteiger partial charge is 0.0485 e. The average molecular weight is 174 g/mol. The van der Waals surface area contributed by atoms with Crippen LogP contribution in [0.15, 0.2) is 30.3 Å². The lowest BCUT2D eigenvalue weighted by Gasteiger charge is -2.06. The number of benzene rings is 1. The van der Waals surface area contributed by atoms with Crippen molar-refractivity contribution in [2.45, 2.75) is 6.54 Å². The summed E-state index contributed by atoms with van der Waals surface area (Å²) < 4.78 is 0. The van der Waals surface area contributed by atoms with E-state index in [-0.39, 0.29) is 12.4 Å². The van der Waals surface area contributed by atoms with Crippen LogP contribution in [0.4, 0.5) is 0 Å². The molecule has 1 rings (SSSR count). The molecule has 0 fully saturated rings. The van der Waals surface area contributed by atoms with Crippen LogP contribution in [0.25, 0.3) is 0 Å². The summed E-state index contributed by atoms with van der Waals surface area (Å²) in [5.41, 5.74) is 1.12. The van der Waals surface area contributed by atoms with Crippen LogP contribution in [0.3, 0.4) is 0 Å². The Hall–Kier alpha value is -0.570. The van der Waals surface area contributed by atoms with Crippen molar-refractivity contribution >= 4 is 12.4 Å². The molecule has 0 bridgehead atoms. The molecule has 0 amide bonds. The first-order chi connectivity index (χ1) is 4.79. The molecule has 0 saturated carbocycles. The molecule has 1 aromatic carbocycles. The standard InChI is InChI=1S/C8H11NO.ClH/c1-9(10)7-8-5-3-2-4-6-8;/h2-6,10H,7H2,1H3;1H. The van der Waals surface area contributed by atoms with Gasteiger partial charge in [-0.05, 0) is 5.56 Å². The Balaban J connectivity index is 0.000001000. The molecule has 0 aliphatic rings. The summed E-state index contributed by atoms with van der Waals surface area (Å²) in [5.74, 6) is 0. The van der Waals surface area contributed by atoms with Gasteiger partial charge >= 0.3 is 0 Å². The van der Waals surface area contributed by atoms with Crippen molar-refractivity contribution < 1.29 is 5.21 Å². The second kappa shape index (κ2) is 5.13. The number of hydrogen-bond donors (Lipinski definition) is 1. The Morgan fingerprint density at radius 2 is 1.82 bits per heavy atom. The number of hydroxylamine groups is 2. The summed E-state index contributed by atoms with van der Waals surface area (Å²) in [6.45, 7) is 0.584. The predicted octanol–water partition coefficient (Wildman–Crippen LogP) is 1.93. The van der Waals surface area contributed by atoms with Crippen LogP contribution in [0.5, 0.6) is 0 Å². The summed E-state index contributed by atoms with van der Waals surface area (Å²) >= 11 is 0. The topological polar surface area (TPSA) is 23.5 Å². The van der Waals surface area contributed by atoms with Crippen molar-refractivity contribution in [3.8, 4) is 0 Å². The lowest BCUT2D eigenvalue weighted by atomic mass is 10.2. The number of nitrogens with zero attached hydrogens (tertiary/aromatic N) is 1. The number of hydrogen-bond acceptors (Lipinski definition) is 2. The first-order valence-electron chi connectivity index (χ1n) is 3.23. The highest BCUT2D eigenvalue weighted by Crippen LogP contribution is 1.99. The monoisotopic (exact) mass is 173 g/mol. The van der Waals surface area contributed by atoms with Gasteiger partial charge in [0.25, 0.3) is 0 Å². The molecule has 0 saturated heterocycles. The third-order valence-electron chi connectivity index (χ3n) is 1.25. The second-order valence-corrected chi connectivity index (χ2v) is 2.30. The molecule has 0 aliphatic carbocycles. The molecule has 62 valence electrons. The fourth-order valence-electron chi connectivity index (χ4n) is 0.848. The van der Waals surface area contributed by atoms with Crippen molar-refractivity contribution in [1.82, 2.24) is 5.06 Å². The van der Waals surface area contributed by atoms with Gasteiger partial charge in [-0.3, -0.25) is 0 Å². The average Bonchev–Trinajstić information content (AvgIpc) is 1.88. The minimum absolute atomic E-state index is 0. The molecule has 0 aliphatic heterocycles. The van der Waals surface area contributed by atoms with E-state index in [2.05, 4.69) is 0 Å². The van der Waals surface area contributed by atoms with Gasteiger partial charge in [0, 0.05) is 13.6 Å². The van der Waals surface area contributed by atoms with Crippen LogP contribution in [0.2, 0.25) is 0 Å². The van der Waals surface area contributed by atoms with Crippen molar-refractivity contribution in [1.29, 1.82) is 0 Å². The zero-order valence-electron chi connectivity index (χ0n) is 6.40. The van der Waals surface area contributed by atoms with E-state index < -0.39 is 0 Å². The van der Waals surface area contributed by atoms with Gasteiger partial charge in [-0.1, -0.05) is 30.3 Å². The molecule has 0 atom stereocenters. The third kappa shape index (κ3) is 3.98. The normalized spacial score (nSPS) is 9.36. The summed E-state index contributed by atoms with van der Waals surface area (Å²) in [6, 6.07) is 9.83. The van der Waals surface area contributed by atoms with E-state index in [9.17, 15) is 0 Å². The highest BCUT2D eigenvalue weighted by atomic mass is 35.5. The van der Waals surface area contributed by atoms with E-state index >= 15 is 0 Å². The molecule has 0 aromatic heterocycles. The van der Waals surface area contributed by atoms with E-state index in [0.717, 1.165) is 10.6 Å². The van der Waals surface area contributed by atoms with Crippen LogP contribution in [0, 0.1) is 0 Å². The summed E-state index contributed by atoms with van der Waals surface area (Å²) in [7, 11) is 1.63. The largest absolute Gasteiger partial charge is 0.314 e. The Bertz CT molecular complexity index is 189. The molecular formula is C8H12ClNO. The van der Waals surface area contributed by atoms with E-state index in [4.69, 9.17) is 5.21 Å². The lowest BCUT2D eigenvalue weighted by molar-refractivity contribution is -0.0731. The maximum absolute atomic E-state index is 8.84. The zero-order valence-corrected chi connectivity index (χ0v) is 7.21. The third-order valence-corrected chi connectivity index (χ3v) is 1.25. The maximum atomic E-state index is 8.84. The zero-order chi connectivity index (χ0) is 7.40. The van der Waals surface area contributed by atoms with E-state index in [1.54, 1.807) is 7.05 Å². The molecule has 11 heavy (non-hydrogen) atoms. The van der Waals surface area contributed by atoms with Gasteiger partial charge in [-0.2, -0.15) is 5.06 Å². The van der Waals surface area contributed by atoms with Crippen molar-refractivity contribution in [3.05, 3.63) is 35.9 Å². The Labute approximate surface area is 72.8 Å². The highest BCUT2D eigenvalue weighted by Gasteiger charge is 1.92. The fourth-order valence-corrected chi connectivity index (χ4v) is 0.848. The maximum Gasteiger partial charge on any atom is 0.0485 e. The first-order valence-corrected chi connectivity index (χ1v) is 3.23. The van der Waals surface area contributed by atoms with Crippen molar-refractivity contribution in [2.24, 2.45) is 0 Å². The molecule has 3 heteroatoms. The molecule has 0 radical (unpaired) electrons. The molecule has 1 aromatic rings. The van der Waals surface area contributed by atoms with Gasteiger partial charge in [0.1, 0.15) is 0 Å². The van der Waals surface area contributed by atoms with Crippen LogP contribution in [-0.4, -0.2) is 17.3 Å².